The lowest BCUT2D eigenvalue weighted by Crippen LogP contribution is -2.58. The first kappa shape index (κ1) is 16.7. The van der Waals surface area contributed by atoms with E-state index in [2.05, 4.69) is 54.4 Å². The number of ether oxygens (including phenoxy) is 1. The third-order valence-corrected chi connectivity index (χ3v) is 5.59. The third-order valence-electron chi connectivity index (χ3n) is 5.59. The van der Waals surface area contributed by atoms with Crippen molar-refractivity contribution in [2.75, 3.05) is 18.1 Å². The van der Waals surface area contributed by atoms with Crippen LogP contribution in [-0.4, -0.2) is 24.7 Å². The number of amides is 1. The monoisotopic (exact) mass is 348 g/mol. The van der Waals surface area contributed by atoms with Crippen LogP contribution < -0.4 is 15.0 Å². The van der Waals surface area contributed by atoms with Crippen molar-refractivity contribution in [1.29, 1.82) is 0 Å². The van der Waals surface area contributed by atoms with E-state index in [1.165, 1.54) is 5.56 Å². The van der Waals surface area contributed by atoms with Gasteiger partial charge in [0.15, 0.2) is 0 Å². The Morgan fingerprint density at radius 1 is 1.15 bits per heavy atom. The predicted octanol–water partition coefficient (Wildman–Crippen LogP) is 3.72. The number of hydrogen-bond donors (Lipinski definition) is 1. The van der Waals surface area contributed by atoms with E-state index in [0.717, 1.165) is 17.0 Å². The first-order valence-corrected chi connectivity index (χ1v) is 9.08. The van der Waals surface area contributed by atoms with Gasteiger partial charge in [0, 0.05) is 11.1 Å². The Labute approximate surface area is 154 Å². The quantitative estimate of drug-likeness (QED) is 0.915. The van der Waals surface area contributed by atoms with Crippen LogP contribution in [0.25, 0.3) is 6.08 Å². The number of rotatable bonds is 4. The Bertz CT molecular complexity index is 870. The molecule has 2 heterocycles. The van der Waals surface area contributed by atoms with E-state index in [0.29, 0.717) is 13.2 Å². The molecule has 134 valence electrons. The van der Waals surface area contributed by atoms with Crippen molar-refractivity contribution in [3.63, 3.8) is 0 Å². The maximum atomic E-state index is 12.3. The number of hydrogen-bond acceptors (Lipinski definition) is 3. The van der Waals surface area contributed by atoms with Crippen molar-refractivity contribution in [3.8, 4) is 5.75 Å². The average molecular weight is 348 g/mol. The summed E-state index contributed by atoms with van der Waals surface area (Å²) in [5.41, 5.74) is 2.68. The van der Waals surface area contributed by atoms with Crippen molar-refractivity contribution < 1.29 is 9.53 Å². The van der Waals surface area contributed by atoms with E-state index in [1.807, 2.05) is 37.3 Å². The molecule has 4 heteroatoms. The van der Waals surface area contributed by atoms with Crippen LogP contribution >= 0.6 is 0 Å². The summed E-state index contributed by atoms with van der Waals surface area (Å²) in [5.74, 6) is 0.927. The fraction of sp³-hybridized carbons (Fsp3) is 0.318. The molecule has 0 saturated carbocycles. The van der Waals surface area contributed by atoms with Gasteiger partial charge >= 0.3 is 0 Å². The summed E-state index contributed by atoms with van der Waals surface area (Å²) < 4.78 is 5.51. The van der Waals surface area contributed by atoms with Gasteiger partial charge in [-0.2, -0.15) is 0 Å². The van der Waals surface area contributed by atoms with E-state index in [1.54, 1.807) is 0 Å². The van der Waals surface area contributed by atoms with Crippen molar-refractivity contribution >= 4 is 17.7 Å². The molecule has 0 unspecified atom stereocenters. The first-order valence-electron chi connectivity index (χ1n) is 9.08. The number of nitrogens with one attached hydrogen (secondary N) is 1. The lowest BCUT2D eigenvalue weighted by atomic mass is 9.75. The normalized spacial score (nSPS) is 23.0. The van der Waals surface area contributed by atoms with Gasteiger partial charge in [-0.25, -0.2) is 0 Å². The minimum absolute atomic E-state index is 0.0592. The van der Waals surface area contributed by atoms with Crippen LogP contribution in [0.15, 0.2) is 54.6 Å². The van der Waals surface area contributed by atoms with Crippen molar-refractivity contribution in [2.24, 2.45) is 0 Å². The minimum atomic E-state index is -0.549. The van der Waals surface area contributed by atoms with E-state index in [-0.39, 0.29) is 11.3 Å². The van der Waals surface area contributed by atoms with Crippen molar-refractivity contribution in [2.45, 2.75) is 31.8 Å². The number of fused-ring (bicyclic) bond motifs is 3. The Kier molecular flexibility index (Phi) is 3.79. The van der Waals surface area contributed by atoms with E-state index < -0.39 is 5.66 Å². The Balaban J connectivity index is 1.73. The molecule has 2 aromatic rings. The van der Waals surface area contributed by atoms with Gasteiger partial charge in [-0.3, -0.25) is 4.79 Å². The summed E-state index contributed by atoms with van der Waals surface area (Å²) in [6.45, 7) is 7.41. The second kappa shape index (κ2) is 5.90. The number of anilines is 1. The number of para-hydroxylation sites is 1. The fourth-order valence-electron chi connectivity index (χ4n) is 4.20. The Morgan fingerprint density at radius 2 is 1.88 bits per heavy atom. The van der Waals surface area contributed by atoms with E-state index in [4.69, 9.17) is 4.74 Å². The van der Waals surface area contributed by atoms with Gasteiger partial charge in [-0.15, -0.1) is 0 Å². The summed E-state index contributed by atoms with van der Waals surface area (Å²) >= 11 is 0. The predicted molar refractivity (Wildman–Crippen MR) is 104 cm³/mol. The molecule has 2 aliphatic rings. The van der Waals surface area contributed by atoms with E-state index in [9.17, 15) is 4.79 Å². The number of carbonyl (C=O) groups is 1. The molecule has 1 saturated heterocycles. The molecule has 1 N–H and O–H groups in total. The van der Waals surface area contributed by atoms with Gasteiger partial charge in [-0.1, -0.05) is 50.3 Å². The van der Waals surface area contributed by atoms with Gasteiger partial charge < -0.3 is 15.0 Å². The second-order valence-electron chi connectivity index (χ2n) is 7.38. The van der Waals surface area contributed by atoms with Crippen LogP contribution in [0.1, 0.15) is 31.9 Å². The molecule has 26 heavy (non-hydrogen) atoms. The number of carbonyl (C=O) groups excluding carboxylic acids is 1. The van der Waals surface area contributed by atoms with Crippen LogP contribution in [0.3, 0.4) is 0 Å². The smallest absolute Gasteiger partial charge is 0.241 e. The minimum Gasteiger partial charge on any atom is -0.494 e. The van der Waals surface area contributed by atoms with Crippen LogP contribution in [-0.2, 0) is 10.2 Å². The second-order valence-corrected chi connectivity index (χ2v) is 7.38. The van der Waals surface area contributed by atoms with Crippen LogP contribution in [0, 0.1) is 0 Å². The molecule has 4 rings (SSSR count). The number of benzene rings is 2. The van der Waals surface area contributed by atoms with Gasteiger partial charge in [0.2, 0.25) is 5.91 Å². The molecule has 2 aliphatic heterocycles. The molecular formula is C22H24N2O2. The topological polar surface area (TPSA) is 41.6 Å². The largest absolute Gasteiger partial charge is 0.494 e. The highest BCUT2D eigenvalue weighted by Crippen LogP contribution is 2.52. The highest BCUT2D eigenvalue weighted by Gasteiger charge is 2.59. The molecular weight excluding hydrogens is 324 g/mol. The summed E-state index contributed by atoms with van der Waals surface area (Å²) in [6.07, 6.45) is 4.22. The van der Waals surface area contributed by atoms with Gasteiger partial charge in [0.25, 0.3) is 0 Å². The summed E-state index contributed by atoms with van der Waals surface area (Å²) in [5, 5.41) is 3.24. The number of nitrogens with zero attached hydrogens (tertiary/aromatic N) is 1. The lowest BCUT2D eigenvalue weighted by Gasteiger charge is -2.40. The molecule has 2 aromatic carbocycles. The zero-order chi connectivity index (χ0) is 18.4. The molecule has 1 amide bonds. The fourth-order valence-corrected chi connectivity index (χ4v) is 4.20. The molecule has 0 spiro atoms. The Morgan fingerprint density at radius 3 is 2.62 bits per heavy atom. The summed E-state index contributed by atoms with van der Waals surface area (Å²) in [7, 11) is 0. The zero-order valence-corrected chi connectivity index (χ0v) is 15.5. The maximum Gasteiger partial charge on any atom is 0.241 e. The van der Waals surface area contributed by atoms with Crippen LogP contribution in [0.5, 0.6) is 5.75 Å². The van der Waals surface area contributed by atoms with Gasteiger partial charge in [0.05, 0.1) is 13.2 Å². The zero-order valence-electron chi connectivity index (χ0n) is 15.5. The SMILES string of the molecule is CCOc1ccc(/C=C/[C@@]23NC(=O)CN2c2ccccc2C3(C)C)cc1. The highest BCUT2D eigenvalue weighted by atomic mass is 16.5. The molecule has 4 nitrogen and oxygen atoms in total. The third kappa shape index (κ3) is 2.32. The molecule has 1 atom stereocenters. The van der Waals surface area contributed by atoms with Gasteiger partial charge in [0.1, 0.15) is 11.4 Å². The van der Waals surface area contributed by atoms with Crippen molar-refractivity contribution in [1.82, 2.24) is 5.32 Å². The first-order chi connectivity index (χ1) is 12.5. The molecule has 0 aromatic heterocycles. The average Bonchev–Trinajstić information content (AvgIpc) is 3.06. The lowest BCUT2D eigenvalue weighted by molar-refractivity contribution is -0.118. The van der Waals surface area contributed by atoms with Crippen LogP contribution in [0.2, 0.25) is 0 Å². The summed E-state index contributed by atoms with van der Waals surface area (Å²) in [6, 6.07) is 16.4. The molecule has 0 aliphatic carbocycles. The highest BCUT2D eigenvalue weighted by molar-refractivity contribution is 5.91. The summed E-state index contributed by atoms with van der Waals surface area (Å²) in [4.78, 5) is 14.5. The molecule has 1 fully saturated rings. The standard InChI is InChI=1S/C22H24N2O2/c1-4-26-17-11-9-16(10-12-17)13-14-22-21(2,3)18-7-5-6-8-19(18)24(22)15-20(25)23-22/h5-14H,4,15H2,1-3H3,(H,23,25)/b14-13+/t22-/m1/s1. The Hall–Kier alpha value is -2.75. The maximum absolute atomic E-state index is 12.3. The van der Waals surface area contributed by atoms with Crippen molar-refractivity contribution in [3.05, 3.63) is 65.7 Å². The van der Waals surface area contributed by atoms with Gasteiger partial charge in [-0.05, 0) is 42.3 Å². The molecule has 0 bridgehead atoms. The van der Waals surface area contributed by atoms with Crippen LogP contribution in [0.4, 0.5) is 5.69 Å². The molecule has 0 radical (unpaired) electrons. The van der Waals surface area contributed by atoms with E-state index >= 15 is 0 Å².